The normalized spacial score (nSPS) is 12.8. The number of aliphatic hydroxyl groups is 1. The molecule has 0 aromatic heterocycles. The first-order chi connectivity index (χ1) is 12.6. The molecule has 0 fully saturated rings. The highest BCUT2D eigenvalue weighted by atomic mass is 16.5. The van der Waals surface area contributed by atoms with Gasteiger partial charge in [-0.2, -0.15) is 0 Å². The van der Waals surface area contributed by atoms with E-state index in [1.165, 1.54) is 11.1 Å². The summed E-state index contributed by atoms with van der Waals surface area (Å²) in [6, 6.07) is 8.85. The third kappa shape index (κ3) is 4.47. The Labute approximate surface area is 164 Å². The fraction of sp³-hybridized carbons (Fsp3) is 0.500. The summed E-state index contributed by atoms with van der Waals surface area (Å²) in [6.07, 6.45) is 0.268. The van der Waals surface area contributed by atoms with Crippen LogP contribution in [0.5, 0.6) is 11.5 Å². The summed E-state index contributed by atoms with van der Waals surface area (Å²) in [7, 11) is 1.72. The number of hydrogen-bond donors (Lipinski definition) is 1. The molecule has 0 radical (unpaired) electrons. The molecular formula is C24H34O3. The third-order valence-corrected chi connectivity index (χ3v) is 5.46. The number of hydrogen-bond acceptors (Lipinski definition) is 3. The van der Waals surface area contributed by atoms with Gasteiger partial charge in [0.2, 0.25) is 0 Å². The van der Waals surface area contributed by atoms with Gasteiger partial charge >= 0.3 is 0 Å². The van der Waals surface area contributed by atoms with Crippen molar-refractivity contribution in [2.24, 2.45) is 0 Å². The molecule has 2 rings (SSSR count). The highest BCUT2D eigenvalue weighted by Crippen LogP contribution is 2.38. The van der Waals surface area contributed by atoms with Crippen molar-refractivity contribution in [1.82, 2.24) is 0 Å². The summed E-state index contributed by atoms with van der Waals surface area (Å²) in [5, 5.41) is 9.79. The van der Waals surface area contributed by atoms with Gasteiger partial charge in [-0.05, 0) is 67.5 Å². The summed E-state index contributed by atoms with van der Waals surface area (Å²) in [5.74, 6) is 1.84. The number of benzene rings is 2. The Hall–Kier alpha value is -2.00. The minimum atomic E-state index is -0.426. The molecule has 1 N–H and O–H groups in total. The SMILES string of the molecule is CCC(O)COc1c(C)cc(C(C)(C)c2cc(C)c(OC)c(C)c2)cc1C. The largest absolute Gasteiger partial charge is 0.496 e. The van der Waals surface area contributed by atoms with E-state index in [0.717, 1.165) is 33.8 Å². The number of ether oxygens (including phenoxy) is 2. The second kappa shape index (κ2) is 8.35. The molecule has 0 bridgehead atoms. The monoisotopic (exact) mass is 370 g/mol. The van der Waals surface area contributed by atoms with Crippen molar-refractivity contribution in [3.05, 3.63) is 57.6 Å². The van der Waals surface area contributed by atoms with Crippen molar-refractivity contribution < 1.29 is 14.6 Å². The van der Waals surface area contributed by atoms with Crippen LogP contribution in [0.3, 0.4) is 0 Å². The molecule has 0 amide bonds. The molecule has 1 unspecified atom stereocenters. The molecule has 0 saturated heterocycles. The highest BCUT2D eigenvalue weighted by molar-refractivity contribution is 5.52. The molecule has 2 aromatic rings. The van der Waals surface area contributed by atoms with Gasteiger partial charge in [0.05, 0.1) is 13.2 Å². The first-order valence-corrected chi connectivity index (χ1v) is 9.70. The van der Waals surface area contributed by atoms with Crippen LogP contribution in [0.4, 0.5) is 0 Å². The molecule has 0 aliphatic carbocycles. The van der Waals surface area contributed by atoms with Crippen LogP contribution in [0.2, 0.25) is 0 Å². The van der Waals surface area contributed by atoms with Gasteiger partial charge in [0, 0.05) is 5.41 Å². The smallest absolute Gasteiger partial charge is 0.125 e. The second-order valence-corrected chi connectivity index (χ2v) is 8.08. The van der Waals surface area contributed by atoms with E-state index in [-0.39, 0.29) is 5.41 Å². The van der Waals surface area contributed by atoms with Crippen LogP contribution in [0, 0.1) is 27.7 Å². The predicted octanol–water partition coefficient (Wildman–Crippen LogP) is 5.40. The average molecular weight is 371 g/mol. The minimum Gasteiger partial charge on any atom is -0.496 e. The molecule has 1 atom stereocenters. The van der Waals surface area contributed by atoms with Gasteiger partial charge in [0.1, 0.15) is 18.1 Å². The third-order valence-electron chi connectivity index (χ3n) is 5.46. The van der Waals surface area contributed by atoms with Crippen LogP contribution in [-0.2, 0) is 5.41 Å². The predicted molar refractivity (Wildman–Crippen MR) is 112 cm³/mol. The highest BCUT2D eigenvalue weighted by Gasteiger charge is 2.26. The summed E-state index contributed by atoms with van der Waals surface area (Å²) in [5.41, 5.74) is 6.90. The topological polar surface area (TPSA) is 38.7 Å². The van der Waals surface area contributed by atoms with E-state index in [4.69, 9.17) is 9.47 Å². The van der Waals surface area contributed by atoms with E-state index in [9.17, 15) is 5.11 Å². The van der Waals surface area contributed by atoms with E-state index >= 15 is 0 Å². The van der Waals surface area contributed by atoms with Crippen molar-refractivity contribution >= 4 is 0 Å². The standard InChI is InChI=1S/C24H34O3/c1-9-21(25)14-27-23-17(4)12-20(13-18(23)5)24(6,7)19-10-15(2)22(26-8)16(3)11-19/h10-13,21,25H,9,14H2,1-8H3. The van der Waals surface area contributed by atoms with Gasteiger partial charge in [0.25, 0.3) is 0 Å². The van der Waals surface area contributed by atoms with E-state index in [1.807, 2.05) is 6.92 Å². The molecule has 148 valence electrons. The minimum absolute atomic E-state index is 0.140. The average Bonchev–Trinajstić information content (AvgIpc) is 2.60. The zero-order valence-corrected chi connectivity index (χ0v) is 18.1. The molecule has 2 aromatic carbocycles. The van der Waals surface area contributed by atoms with E-state index in [0.29, 0.717) is 13.0 Å². The van der Waals surface area contributed by atoms with Crippen LogP contribution < -0.4 is 9.47 Å². The molecule has 0 spiro atoms. The molecule has 0 saturated carbocycles. The molecule has 3 heteroatoms. The molecule has 27 heavy (non-hydrogen) atoms. The Morgan fingerprint density at radius 1 is 0.852 bits per heavy atom. The summed E-state index contributed by atoms with van der Waals surface area (Å²) < 4.78 is 11.4. The van der Waals surface area contributed by atoms with Crippen LogP contribution >= 0.6 is 0 Å². The maximum atomic E-state index is 9.79. The van der Waals surface area contributed by atoms with Gasteiger partial charge < -0.3 is 14.6 Å². The molecule has 0 heterocycles. The van der Waals surface area contributed by atoms with Crippen molar-refractivity contribution in [3.8, 4) is 11.5 Å². The molecule has 0 aliphatic heterocycles. The lowest BCUT2D eigenvalue weighted by Gasteiger charge is -2.29. The van der Waals surface area contributed by atoms with Gasteiger partial charge in [-0.25, -0.2) is 0 Å². The summed E-state index contributed by atoms with van der Waals surface area (Å²) >= 11 is 0. The Bertz CT molecular complexity index is 759. The Kier molecular flexibility index (Phi) is 6.59. The molecular weight excluding hydrogens is 336 g/mol. The first kappa shape index (κ1) is 21.3. The van der Waals surface area contributed by atoms with Crippen molar-refractivity contribution in [3.63, 3.8) is 0 Å². The fourth-order valence-corrected chi connectivity index (χ4v) is 3.64. The maximum absolute atomic E-state index is 9.79. The first-order valence-electron chi connectivity index (χ1n) is 9.70. The van der Waals surface area contributed by atoms with Gasteiger partial charge in [-0.15, -0.1) is 0 Å². The lowest BCUT2D eigenvalue weighted by molar-refractivity contribution is 0.103. The van der Waals surface area contributed by atoms with E-state index in [1.54, 1.807) is 7.11 Å². The van der Waals surface area contributed by atoms with Crippen LogP contribution in [0.25, 0.3) is 0 Å². The van der Waals surface area contributed by atoms with Crippen molar-refractivity contribution in [2.45, 2.75) is 66.4 Å². The fourth-order valence-electron chi connectivity index (χ4n) is 3.64. The number of aliphatic hydroxyl groups excluding tert-OH is 1. The lowest BCUT2D eigenvalue weighted by atomic mass is 9.76. The Morgan fingerprint density at radius 3 is 1.63 bits per heavy atom. The van der Waals surface area contributed by atoms with Crippen LogP contribution in [0.1, 0.15) is 60.6 Å². The quantitative estimate of drug-likeness (QED) is 0.709. The molecule has 0 aliphatic rings. The summed E-state index contributed by atoms with van der Waals surface area (Å²) in [4.78, 5) is 0. The number of aryl methyl sites for hydroxylation is 4. The zero-order chi connectivity index (χ0) is 20.4. The van der Waals surface area contributed by atoms with E-state index < -0.39 is 6.10 Å². The van der Waals surface area contributed by atoms with Gasteiger partial charge in [-0.3, -0.25) is 0 Å². The van der Waals surface area contributed by atoms with Gasteiger partial charge in [0.15, 0.2) is 0 Å². The van der Waals surface area contributed by atoms with Gasteiger partial charge in [-0.1, -0.05) is 45.0 Å². The Balaban J connectivity index is 2.42. The summed E-state index contributed by atoms with van der Waals surface area (Å²) in [6.45, 7) is 15.1. The second-order valence-electron chi connectivity index (χ2n) is 8.08. The zero-order valence-electron chi connectivity index (χ0n) is 18.1. The van der Waals surface area contributed by atoms with Crippen molar-refractivity contribution in [2.75, 3.05) is 13.7 Å². The van der Waals surface area contributed by atoms with Crippen molar-refractivity contribution in [1.29, 1.82) is 0 Å². The maximum Gasteiger partial charge on any atom is 0.125 e. The lowest BCUT2D eigenvalue weighted by Crippen LogP contribution is -2.21. The molecule has 3 nitrogen and oxygen atoms in total. The number of rotatable bonds is 7. The van der Waals surface area contributed by atoms with Crippen LogP contribution in [-0.4, -0.2) is 24.9 Å². The number of methoxy groups -OCH3 is 1. The Morgan fingerprint density at radius 2 is 1.26 bits per heavy atom. The van der Waals surface area contributed by atoms with Crippen LogP contribution in [0.15, 0.2) is 24.3 Å². The van der Waals surface area contributed by atoms with E-state index in [2.05, 4.69) is 65.8 Å².